The van der Waals surface area contributed by atoms with E-state index in [2.05, 4.69) is 25.6 Å². The first-order valence-corrected chi connectivity index (χ1v) is 7.93. The summed E-state index contributed by atoms with van der Waals surface area (Å²) in [5, 5.41) is 11.7. The van der Waals surface area contributed by atoms with Crippen LogP contribution in [0.15, 0.2) is 50.6 Å². The van der Waals surface area contributed by atoms with Gasteiger partial charge in [0, 0.05) is 30.7 Å². The molecule has 10 heteroatoms. The number of rotatable bonds is 5. The molecule has 0 amide bonds. The molecule has 0 saturated heterocycles. The van der Waals surface area contributed by atoms with Crippen molar-refractivity contribution in [3.8, 4) is 11.4 Å². The predicted molar refractivity (Wildman–Crippen MR) is 108 cm³/mol. The van der Waals surface area contributed by atoms with Gasteiger partial charge in [0.2, 0.25) is 11.7 Å². The number of benzene rings is 1. The van der Waals surface area contributed by atoms with Crippen molar-refractivity contribution >= 4 is 41.5 Å². The van der Waals surface area contributed by atoms with Crippen molar-refractivity contribution in [3.63, 3.8) is 0 Å². The smallest absolute Gasteiger partial charge is 0.246 e. The Kier molecular flexibility index (Phi) is 7.39. The second-order valence-corrected chi connectivity index (χ2v) is 5.70. The zero-order chi connectivity index (χ0) is 17.6. The fourth-order valence-corrected chi connectivity index (χ4v) is 2.35. The van der Waals surface area contributed by atoms with Crippen LogP contribution < -0.4 is 5.32 Å². The second-order valence-electron chi connectivity index (χ2n) is 5.27. The summed E-state index contributed by atoms with van der Waals surface area (Å²) in [7, 11) is 3.60. The van der Waals surface area contributed by atoms with E-state index in [1.165, 1.54) is 6.26 Å². The Bertz CT molecular complexity index is 835. The molecule has 1 N–H and O–H groups in total. The summed E-state index contributed by atoms with van der Waals surface area (Å²) in [6.07, 6.45) is 1.54. The van der Waals surface area contributed by atoms with Gasteiger partial charge in [0.1, 0.15) is 12.0 Å². The van der Waals surface area contributed by atoms with Crippen molar-refractivity contribution in [2.24, 2.45) is 4.99 Å². The summed E-state index contributed by atoms with van der Waals surface area (Å²) >= 11 is 5.88. The summed E-state index contributed by atoms with van der Waals surface area (Å²) in [5.74, 6) is 1.65. The molecule has 26 heavy (non-hydrogen) atoms. The van der Waals surface area contributed by atoms with Gasteiger partial charge in [0.25, 0.3) is 0 Å². The Morgan fingerprint density at radius 2 is 2.00 bits per heavy atom. The zero-order valence-corrected chi connectivity index (χ0v) is 17.3. The number of nitrogens with one attached hydrogen (secondary N) is 1. The van der Waals surface area contributed by atoms with Crippen molar-refractivity contribution < 1.29 is 9.05 Å². The maximum Gasteiger partial charge on any atom is 0.246 e. The van der Waals surface area contributed by atoms with E-state index in [4.69, 9.17) is 20.6 Å². The number of guanidine groups is 1. The maximum atomic E-state index is 5.88. The molecule has 8 nitrogen and oxygen atoms in total. The lowest BCUT2D eigenvalue weighted by atomic mass is 10.2. The highest BCUT2D eigenvalue weighted by molar-refractivity contribution is 14.0. The van der Waals surface area contributed by atoms with Crippen LogP contribution in [0.25, 0.3) is 11.4 Å². The van der Waals surface area contributed by atoms with E-state index < -0.39 is 0 Å². The molecule has 3 rings (SSSR count). The number of halogens is 2. The van der Waals surface area contributed by atoms with E-state index in [9.17, 15) is 0 Å². The maximum absolute atomic E-state index is 5.88. The van der Waals surface area contributed by atoms with E-state index in [0.29, 0.717) is 35.8 Å². The van der Waals surface area contributed by atoms with Gasteiger partial charge in [-0.15, -0.1) is 24.0 Å². The lowest BCUT2D eigenvalue weighted by Gasteiger charge is -2.20. The van der Waals surface area contributed by atoms with Gasteiger partial charge in [-0.1, -0.05) is 21.9 Å². The average molecular weight is 489 g/mol. The molecule has 0 aliphatic heterocycles. The number of nitrogens with zero attached hydrogens (tertiary/aromatic N) is 5. The molecule has 0 fully saturated rings. The minimum Gasteiger partial charge on any atom is -0.364 e. The van der Waals surface area contributed by atoms with Crippen LogP contribution in [-0.2, 0) is 13.1 Å². The van der Waals surface area contributed by atoms with Gasteiger partial charge in [-0.05, 0) is 24.3 Å². The Morgan fingerprint density at radius 1 is 1.23 bits per heavy atom. The van der Waals surface area contributed by atoms with Crippen LogP contribution >= 0.6 is 35.6 Å². The molecular weight excluding hydrogens is 471 g/mol. The molecular formula is C16H18ClIN6O2. The lowest BCUT2D eigenvalue weighted by Crippen LogP contribution is -2.38. The predicted octanol–water partition coefficient (Wildman–Crippen LogP) is 3.20. The number of hydrogen-bond acceptors (Lipinski definition) is 6. The highest BCUT2D eigenvalue weighted by Crippen LogP contribution is 2.18. The van der Waals surface area contributed by atoms with Crippen molar-refractivity contribution in [3.05, 3.63) is 53.2 Å². The van der Waals surface area contributed by atoms with Crippen molar-refractivity contribution in [1.29, 1.82) is 0 Å². The van der Waals surface area contributed by atoms with Gasteiger partial charge in [0.05, 0.1) is 13.1 Å². The van der Waals surface area contributed by atoms with Gasteiger partial charge in [0.15, 0.2) is 5.96 Å². The van der Waals surface area contributed by atoms with Crippen LogP contribution in [0.4, 0.5) is 0 Å². The quantitative estimate of drug-likeness (QED) is 0.335. The molecule has 0 bridgehead atoms. The third kappa shape index (κ3) is 5.18. The molecule has 138 valence electrons. The molecule has 0 saturated carbocycles. The number of hydrogen-bond donors (Lipinski definition) is 1. The minimum atomic E-state index is 0. The highest BCUT2D eigenvalue weighted by atomic mass is 127. The standard InChI is InChI=1S/C16H17ClN6O2.HI/c1-18-16(23(2)10-13-7-8-24-21-13)19-9-14-20-15(22-25-14)11-3-5-12(17)6-4-11;/h3-8H,9-10H2,1-2H3,(H,18,19);1H. The van der Waals surface area contributed by atoms with Crippen LogP contribution in [0.3, 0.4) is 0 Å². The monoisotopic (exact) mass is 488 g/mol. The summed E-state index contributed by atoms with van der Waals surface area (Å²) in [6, 6.07) is 9.06. The molecule has 3 aromatic rings. The van der Waals surface area contributed by atoms with Gasteiger partial charge in [-0.3, -0.25) is 4.99 Å². The lowest BCUT2D eigenvalue weighted by molar-refractivity contribution is 0.368. The topological polar surface area (TPSA) is 92.6 Å². The molecule has 2 heterocycles. The molecule has 0 aliphatic rings. The van der Waals surface area contributed by atoms with Gasteiger partial charge in [-0.2, -0.15) is 4.98 Å². The van der Waals surface area contributed by atoms with Crippen molar-refractivity contribution in [2.45, 2.75) is 13.1 Å². The fourth-order valence-electron chi connectivity index (χ4n) is 2.22. The number of aromatic nitrogens is 3. The zero-order valence-electron chi connectivity index (χ0n) is 14.2. The Morgan fingerprint density at radius 3 is 2.65 bits per heavy atom. The first kappa shape index (κ1) is 20.2. The van der Waals surface area contributed by atoms with Gasteiger partial charge >= 0.3 is 0 Å². The van der Waals surface area contributed by atoms with Crippen LogP contribution in [0.1, 0.15) is 11.6 Å². The Hall–Kier alpha value is -2.14. The molecule has 0 spiro atoms. The van der Waals surface area contributed by atoms with Gasteiger partial charge < -0.3 is 19.3 Å². The molecule has 0 unspecified atom stereocenters. The SMILES string of the molecule is CN=C(NCc1nc(-c2ccc(Cl)cc2)no1)N(C)Cc1ccon1.I. The average Bonchev–Trinajstić information content (AvgIpc) is 3.28. The molecule has 1 aromatic carbocycles. The molecule has 0 radical (unpaired) electrons. The molecule has 0 aliphatic carbocycles. The largest absolute Gasteiger partial charge is 0.364 e. The Labute approximate surface area is 172 Å². The fraction of sp³-hybridized carbons (Fsp3) is 0.250. The van der Waals surface area contributed by atoms with Crippen LogP contribution in [0, 0.1) is 0 Å². The summed E-state index contributed by atoms with van der Waals surface area (Å²) in [5.41, 5.74) is 1.65. The highest BCUT2D eigenvalue weighted by Gasteiger charge is 2.12. The van der Waals surface area contributed by atoms with E-state index in [1.807, 2.05) is 24.1 Å². The van der Waals surface area contributed by atoms with E-state index in [0.717, 1.165) is 11.3 Å². The van der Waals surface area contributed by atoms with Crippen LogP contribution in [0.5, 0.6) is 0 Å². The summed E-state index contributed by atoms with van der Waals surface area (Å²) < 4.78 is 10.1. The minimum absolute atomic E-state index is 0. The van der Waals surface area contributed by atoms with E-state index in [1.54, 1.807) is 25.2 Å². The van der Waals surface area contributed by atoms with E-state index in [-0.39, 0.29) is 24.0 Å². The number of aliphatic imine (C=N–C) groups is 1. The third-order valence-electron chi connectivity index (χ3n) is 3.43. The third-order valence-corrected chi connectivity index (χ3v) is 3.68. The Balaban J connectivity index is 0.00000243. The molecule has 2 aromatic heterocycles. The van der Waals surface area contributed by atoms with Crippen molar-refractivity contribution in [2.75, 3.05) is 14.1 Å². The van der Waals surface area contributed by atoms with Crippen LogP contribution in [0.2, 0.25) is 5.02 Å². The normalized spacial score (nSPS) is 11.1. The van der Waals surface area contributed by atoms with Gasteiger partial charge in [-0.25, -0.2) is 0 Å². The second kappa shape index (κ2) is 9.53. The first-order valence-electron chi connectivity index (χ1n) is 7.55. The summed E-state index contributed by atoms with van der Waals surface area (Å²) in [4.78, 5) is 10.5. The van der Waals surface area contributed by atoms with Crippen molar-refractivity contribution in [1.82, 2.24) is 25.5 Å². The first-order chi connectivity index (χ1) is 12.2. The van der Waals surface area contributed by atoms with Crippen LogP contribution in [-0.4, -0.2) is 40.3 Å². The summed E-state index contributed by atoms with van der Waals surface area (Å²) in [6.45, 7) is 0.923. The molecule has 0 atom stereocenters. The van der Waals surface area contributed by atoms with E-state index >= 15 is 0 Å².